The van der Waals surface area contributed by atoms with Gasteiger partial charge in [-0.3, -0.25) is 24.3 Å². The first kappa shape index (κ1) is 20.1. The lowest BCUT2D eigenvalue weighted by Gasteiger charge is -2.39. The lowest BCUT2D eigenvalue weighted by atomic mass is 10.1. The number of fused-ring (bicyclic) bond motifs is 2. The molecule has 0 radical (unpaired) electrons. The van der Waals surface area contributed by atoms with E-state index in [1.807, 2.05) is 43.3 Å². The number of thiazole rings is 1. The number of rotatable bonds is 4. The topological polar surface area (TPSA) is 68.8 Å². The minimum Gasteiger partial charge on any atom is -0.323 e. The van der Waals surface area contributed by atoms with E-state index in [0.29, 0.717) is 5.69 Å². The average Bonchev–Trinajstić information content (AvgIpc) is 3.20. The van der Waals surface area contributed by atoms with Crippen molar-refractivity contribution in [1.82, 2.24) is 14.8 Å². The van der Waals surface area contributed by atoms with Crippen LogP contribution in [0.5, 0.6) is 0 Å². The van der Waals surface area contributed by atoms with Crippen LogP contribution in [0.4, 0.5) is 11.4 Å². The highest BCUT2D eigenvalue weighted by Crippen LogP contribution is 2.30. The lowest BCUT2D eigenvalue weighted by Crippen LogP contribution is -2.56. The molecule has 0 unspecified atom stereocenters. The first-order chi connectivity index (χ1) is 15.1. The number of amides is 2. The third-order valence-corrected chi connectivity index (χ3v) is 7.07. The Bertz CT molecular complexity index is 1090. The molecule has 3 aromatic rings. The SMILES string of the molecule is C[C@H](C(=O)N1CC(=O)Nc2ccccc21)N1CCN(Cc2nc3ccccc3s2)CC1. The smallest absolute Gasteiger partial charge is 0.244 e. The Morgan fingerprint density at radius 3 is 2.65 bits per heavy atom. The first-order valence-corrected chi connectivity index (χ1v) is 11.4. The number of carbonyl (C=O) groups excluding carboxylic acids is 2. The van der Waals surface area contributed by atoms with Crippen LogP contribution >= 0.6 is 11.3 Å². The zero-order valence-corrected chi connectivity index (χ0v) is 18.3. The third kappa shape index (κ3) is 4.06. The number of hydrogen-bond donors (Lipinski definition) is 1. The maximum Gasteiger partial charge on any atom is 0.244 e. The summed E-state index contributed by atoms with van der Waals surface area (Å²) in [6.45, 7) is 6.28. The number of hydrogen-bond acceptors (Lipinski definition) is 6. The van der Waals surface area contributed by atoms with E-state index in [-0.39, 0.29) is 24.4 Å². The second-order valence-electron chi connectivity index (χ2n) is 8.05. The Kier molecular flexibility index (Phi) is 5.43. The summed E-state index contributed by atoms with van der Waals surface area (Å²) in [5.41, 5.74) is 2.53. The van der Waals surface area contributed by atoms with Gasteiger partial charge < -0.3 is 5.32 Å². The molecule has 5 rings (SSSR count). The zero-order chi connectivity index (χ0) is 21.4. The van der Waals surface area contributed by atoms with E-state index in [0.717, 1.165) is 48.9 Å². The Balaban J connectivity index is 1.21. The summed E-state index contributed by atoms with van der Waals surface area (Å²) in [5.74, 6) is -0.179. The van der Waals surface area contributed by atoms with Crippen LogP contribution in [-0.2, 0) is 16.1 Å². The maximum absolute atomic E-state index is 13.3. The Labute approximate surface area is 185 Å². The minimum absolute atomic E-state index is 0.0260. The van der Waals surface area contributed by atoms with Gasteiger partial charge in [-0.2, -0.15) is 0 Å². The molecule has 2 amide bonds. The van der Waals surface area contributed by atoms with Crippen molar-refractivity contribution in [2.24, 2.45) is 0 Å². The fraction of sp³-hybridized carbons (Fsp3) is 0.348. The molecule has 160 valence electrons. The molecule has 0 aliphatic carbocycles. The molecular weight excluding hydrogens is 410 g/mol. The lowest BCUT2D eigenvalue weighted by molar-refractivity contribution is -0.126. The van der Waals surface area contributed by atoms with Crippen molar-refractivity contribution in [2.75, 3.05) is 42.9 Å². The molecule has 2 aromatic carbocycles. The standard InChI is InChI=1S/C23H25N5O2S/c1-16(23(30)28-14-21(29)24-17-6-2-4-8-19(17)28)27-12-10-26(11-13-27)15-22-25-18-7-3-5-9-20(18)31-22/h2-9,16H,10-15H2,1H3,(H,24,29)/t16-/m1/s1. The van der Waals surface area contributed by atoms with Gasteiger partial charge in [-0.05, 0) is 31.2 Å². The van der Waals surface area contributed by atoms with E-state index in [2.05, 4.69) is 27.2 Å². The van der Waals surface area contributed by atoms with Gasteiger partial charge in [0, 0.05) is 26.2 Å². The third-order valence-electron chi connectivity index (χ3n) is 6.05. The van der Waals surface area contributed by atoms with Crippen molar-refractivity contribution in [1.29, 1.82) is 0 Å². The fourth-order valence-electron chi connectivity index (χ4n) is 4.30. The molecule has 2 aliphatic heterocycles. The molecule has 0 bridgehead atoms. The summed E-state index contributed by atoms with van der Waals surface area (Å²) in [7, 11) is 0. The number of nitrogens with one attached hydrogen (secondary N) is 1. The summed E-state index contributed by atoms with van der Waals surface area (Å²) in [6, 6.07) is 15.4. The van der Waals surface area contributed by atoms with E-state index < -0.39 is 0 Å². The number of benzene rings is 2. The zero-order valence-electron chi connectivity index (χ0n) is 17.5. The van der Waals surface area contributed by atoms with Crippen LogP contribution in [0, 0.1) is 0 Å². The van der Waals surface area contributed by atoms with Crippen LogP contribution in [0.3, 0.4) is 0 Å². The quantitative estimate of drug-likeness (QED) is 0.683. The molecule has 0 spiro atoms. The predicted octanol–water partition coefficient (Wildman–Crippen LogP) is 2.79. The van der Waals surface area contributed by atoms with Crippen molar-refractivity contribution in [3.8, 4) is 0 Å². The van der Waals surface area contributed by atoms with Crippen molar-refractivity contribution >= 4 is 44.7 Å². The number of piperazine rings is 1. The Hall–Kier alpha value is -2.81. The van der Waals surface area contributed by atoms with E-state index in [1.165, 1.54) is 4.70 Å². The second kappa shape index (κ2) is 8.37. The van der Waals surface area contributed by atoms with Gasteiger partial charge in [-0.15, -0.1) is 11.3 Å². The summed E-state index contributed by atoms with van der Waals surface area (Å²) < 4.78 is 1.22. The number of aromatic nitrogens is 1. The number of nitrogens with zero attached hydrogens (tertiary/aromatic N) is 4. The molecule has 31 heavy (non-hydrogen) atoms. The minimum atomic E-state index is -0.274. The van der Waals surface area contributed by atoms with E-state index in [4.69, 9.17) is 4.98 Å². The van der Waals surface area contributed by atoms with Gasteiger partial charge in [-0.1, -0.05) is 24.3 Å². The van der Waals surface area contributed by atoms with E-state index in [9.17, 15) is 9.59 Å². The number of carbonyl (C=O) groups is 2. The molecule has 1 fully saturated rings. The average molecular weight is 436 g/mol. The van der Waals surface area contributed by atoms with Gasteiger partial charge in [0.25, 0.3) is 0 Å². The van der Waals surface area contributed by atoms with Gasteiger partial charge in [0.15, 0.2) is 0 Å². The number of anilines is 2. The summed E-state index contributed by atoms with van der Waals surface area (Å²) in [6.07, 6.45) is 0. The highest BCUT2D eigenvalue weighted by atomic mass is 32.1. The summed E-state index contributed by atoms with van der Waals surface area (Å²) in [5, 5.41) is 3.98. The molecule has 7 nitrogen and oxygen atoms in total. The van der Waals surface area contributed by atoms with Gasteiger partial charge in [-0.25, -0.2) is 4.98 Å². The van der Waals surface area contributed by atoms with Crippen LogP contribution in [0.2, 0.25) is 0 Å². The summed E-state index contributed by atoms with van der Waals surface area (Å²) in [4.78, 5) is 36.3. The van der Waals surface area contributed by atoms with Crippen molar-refractivity contribution in [3.63, 3.8) is 0 Å². The molecule has 2 aliphatic rings. The molecule has 0 saturated carbocycles. The van der Waals surface area contributed by atoms with Crippen LogP contribution in [0.1, 0.15) is 11.9 Å². The van der Waals surface area contributed by atoms with Crippen LogP contribution < -0.4 is 10.2 Å². The summed E-state index contributed by atoms with van der Waals surface area (Å²) >= 11 is 1.75. The first-order valence-electron chi connectivity index (χ1n) is 10.6. The predicted molar refractivity (Wildman–Crippen MR) is 123 cm³/mol. The van der Waals surface area contributed by atoms with Gasteiger partial charge in [0.1, 0.15) is 11.6 Å². The molecule has 8 heteroatoms. The van der Waals surface area contributed by atoms with Crippen molar-refractivity contribution in [3.05, 3.63) is 53.5 Å². The van der Waals surface area contributed by atoms with Crippen LogP contribution in [-0.4, -0.2) is 65.4 Å². The molecule has 1 saturated heterocycles. The van der Waals surface area contributed by atoms with Crippen LogP contribution in [0.25, 0.3) is 10.2 Å². The van der Waals surface area contributed by atoms with Crippen LogP contribution in [0.15, 0.2) is 48.5 Å². The molecule has 1 N–H and O–H groups in total. The largest absolute Gasteiger partial charge is 0.323 e. The normalized spacial score (nSPS) is 18.6. The van der Waals surface area contributed by atoms with E-state index in [1.54, 1.807) is 16.2 Å². The Morgan fingerprint density at radius 1 is 1.10 bits per heavy atom. The highest BCUT2D eigenvalue weighted by molar-refractivity contribution is 7.18. The van der Waals surface area contributed by atoms with Gasteiger partial charge >= 0.3 is 0 Å². The molecule has 3 heterocycles. The maximum atomic E-state index is 13.3. The van der Waals surface area contributed by atoms with Crippen molar-refractivity contribution < 1.29 is 9.59 Å². The van der Waals surface area contributed by atoms with Gasteiger partial charge in [0.2, 0.25) is 11.8 Å². The Morgan fingerprint density at radius 2 is 1.84 bits per heavy atom. The monoisotopic (exact) mass is 435 g/mol. The number of para-hydroxylation sites is 3. The second-order valence-corrected chi connectivity index (χ2v) is 9.17. The fourth-order valence-corrected chi connectivity index (χ4v) is 5.31. The molecular formula is C23H25N5O2S. The molecule has 1 atom stereocenters. The highest BCUT2D eigenvalue weighted by Gasteiger charge is 2.33. The van der Waals surface area contributed by atoms with Crippen molar-refractivity contribution in [2.45, 2.75) is 19.5 Å². The van der Waals surface area contributed by atoms with E-state index >= 15 is 0 Å². The molecule has 1 aromatic heterocycles. The van der Waals surface area contributed by atoms with Gasteiger partial charge in [0.05, 0.1) is 34.2 Å².